The lowest BCUT2D eigenvalue weighted by atomic mass is 9.97. The van der Waals surface area contributed by atoms with Crippen LogP contribution in [0.5, 0.6) is 0 Å². The lowest BCUT2D eigenvalue weighted by Crippen LogP contribution is -2.46. The number of hydrogen-bond donors (Lipinski definition) is 3. The first-order valence-corrected chi connectivity index (χ1v) is 10.4. The Balaban J connectivity index is 1.33. The molecule has 2 aromatic rings. The third-order valence-electron chi connectivity index (χ3n) is 5.86. The molecule has 1 aromatic carbocycles. The molecule has 0 bridgehead atoms. The van der Waals surface area contributed by atoms with Crippen LogP contribution in [0.25, 0.3) is 11.0 Å². The molecule has 1 aromatic heterocycles. The SMILES string of the molecule is CC(C)Cn1c(CCCNC(=O)C2NNC3CCCC32)nc2ccccc21. The number of rotatable bonds is 7. The van der Waals surface area contributed by atoms with Gasteiger partial charge in [-0.15, -0.1) is 0 Å². The summed E-state index contributed by atoms with van der Waals surface area (Å²) in [5.41, 5.74) is 8.74. The molecule has 0 radical (unpaired) electrons. The van der Waals surface area contributed by atoms with Crippen molar-refractivity contribution < 1.29 is 4.79 Å². The summed E-state index contributed by atoms with van der Waals surface area (Å²) in [4.78, 5) is 17.3. The second-order valence-electron chi connectivity index (χ2n) is 8.38. The van der Waals surface area contributed by atoms with Gasteiger partial charge in [0.1, 0.15) is 11.9 Å². The number of nitrogens with one attached hydrogen (secondary N) is 3. The van der Waals surface area contributed by atoms with Crippen molar-refractivity contribution in [3.63, 3.8) is 0 Å². The summed E-state index contributed by atoms with van der Waals surface area (Å²) in [6.45, 7) is 6.14. The van der Waals surface area contributed by atoms with Crippen LogP contribution < -0.4 is 16.2 Å². The van der Waals surface area contributed by atoms with Crippen molar-refractivity contribution in [2.75, 3.05) is 6.54 Å². The van der Waals surface area contributed by atoms with Gasteiger partial charge < -0.3 is 9.88 Å². The average Bonchev–Trinajstić information content (AvgIpc) is 3.33. The normalized spacial score (nSPS) is 24.6. The molecule has 1 saturated carbocycles. The number of hydrogen-bond acceptors (Lipinski definition) is 4. The van der Waals surface area contributed by atoms with E-state index in [9.17, 15) is 4.79 Å². The third kappa shape index (κ3) is 3.87. The maximum Gasteiger partial charge on any atom is 0.238 e. The Bertz CT molecular complexity index is 799. The number of imidazole rings is 1. The molecule has 1 amide bonds. The highest BCUT2D eigenvalue weighted by Crippen LogP contribution is 2.31. The monoisotopic (exact) mass is 369 g/mol. The van der Waals surface area contributed by atoms with Crippen molar-refractivity contribution in [1.29, 1.82) is 0 Å². The molecule has 2 fully saturated rings. The second-order valence-corrected chi connectivity index (χ2v) is 8.38. The molecular formula is C21H31N5O. The molecule has 2 aliphatic rings. The van der Waals surface area contributed by atoms with Gasteiger partial charge in [-0.3, -0.25) is 10.2 Å². The summed E-state index contributed by atoms with van der Waals surface area (Å²) in [6.07, 6.45) is 5.32. The minimum absolute atomic E-state index is 0.0805. The molecule has 6 nitrogen and oxygen atoms in total. The number of carbonyl (C=O) groups is 1. The number of amides is 1. The van der Waals surface area contributed by atoms with Gasteiger partial charge in [-0.25, -0.2) is 10.4 Å². The first-order chi connectivity index (χ1) is 13.1. The molecular weight excluding hydrogens is 338 g/mol. The molecule has 2 heterocycles. The molecule has 0 spiro atoms. The molecule has 1 saturated heterocycles. The lowest BCUT2D eigenvalue weighted by Gasteiger charge is -2.16. The predicted molar refractivity (Wildman–Crippen MR) is 107 cm³/mol. The van der Waals surface area contributed by atoms with Crippen LogP contribution in [0, 0.1) is 11.8 Å². The van der Waals surface area contributed by atoms with Crippen LogP contribution >= 0.6 is 0 Å². The van der Waals surface area contributed by atoms with E-state index in [0.717, 1.165) is 37.1 Å². The number of benzene rings is 1. The van der Waals surface area contributed by atoms with E-state index in [4.69, 9.17) is 4.98 Å². The van der Waals surface area contributed by atoms with Gasteiger partial charge in [0.2, 0.25) is 5.91 Å². The topological polar surface area (TPSA) is 71.0 Å². The highest BCUT2D eigenvalue weighted by atomic mass is 16.2. The van der Waals surface area contributed by atoms with Gasteiger partial charge in [0.15, 0.2) is 0 Å². The standard InChI is InChI=1S/C21H31N5O/c1-14(2)13-26-18-10-4-3-8-17(18)23-19(26)11-6-12-22-21(27)20-15-7-5-9-16(15)24-25-20/h3-4,8,10,14-16,20,24-25H,5-7,9,11-13H2,1-2H3,(H,22,27). The zero-order chi connectivity index (χ0) is 18.8. The first kappa shape index (κ1) is 18.4. The predicted octanol–water partition coefficient (Wildman–Crippen LogP) is 2.39. The number of aryl methyl sites for hydroxylation is 1. The number of nitrogens with zero attached hydrogens (tertiary/aromatic N) is 2. The second kappa shape index (κ2) is 7.98. The fraction of sp³-hybridized carbons (Fsp3) is 0.619. The Morgan fingerprint density at radius 3 is 3.00 bits per heavy atom. The van der Waals surface area contributed by atoms with E-state index in [2.05, 4.69) is 52.8 Å². The number of hydrazine groups is 1. The Labute approximate surface area is 161 Å². The van der Waals surface area contributed by atoms with Crippen molar-refractivity contribution in [3.05, 3.63) is 30.1 Å². The Kier molecular flexibility index (Phi) is 5.45. The van der Waals surface area contributed by atoms with Crippen LogP contribution in [0.2, 0.25) is 0 Å². The number of carbonyl (C=O) groups excluding carboxylic acids is 1. The molecule has 3 atom stereocenters. The zero-order valence-electron chi connectivity index (χ0n) is 16.4. The quantitative estimate of drug-likeness (QED) is 0.656. The molecule has 1 aliphatic carbocycles. The summed E-state index contributed by atoms with van der Waals surface area (Å²) in [7, 11) is 0. The Morgan fingerprint density at radius 2 is 2.15 bits per heavy atom. The third-order valence-corrected chi connectivity index (χ3v) is 5.86. The first-order valence-electron chi connectivity index (χ1n) is 10.4. The van der Waals surface area contributed by atoms with Gasteiger partial charge in [0, 0.05) is 31.5 Å². The van der Waals surface area contributed by atoms with Crippen molar-refractivity contribution >= 4 is 16.9 Å². The van der Waals surface area contributed by atoms with Gasteiger partial charge in [-0.1, -0.05) is 32.4 Å². The van der Waals surface area contributed by atoms with Gasteiger partial charge in [-0.2, -0.15) is 0 Å². The van der Waals surface area contributed by atoms with Crippen molar-refractivity contribution in [3.8, 4) is 0 Å². The van der Waals surface area contributed by atoms with Crippen molar-refractivity contribution in [2.45, 2.75) is 64.6 Å². The summed E-state index contributed by atoms with van der Waals surface area (Å²) < 4.78 is 2.34. The van der Waals surface area contributed by atoms with Crippen molar-refractivity contribution in [1.82, 2.24) is 25.7 Å². The Hall–Kier alpha value is -1.92. The molecule has 27 heavy (non-hydrogen) atoms. The highest BCUT2D eigenvalue weighted by Gasteiger charge is 2.42. The number of para-hydroxylation sites is 2. The molecule has 3 N–H and O–H groups in total. The summed E-state index contributed by atoms with van der Waals surface area (Å²) in [5, 5.41) is 3.12. The minimum atomic E-state index is -0.0805. The fourth-order valence-corrected chi connectivity index (χ4v) is 4.58. The van der Waals surface area contributed by atoms with Crippen LogP contribution in [-0.2, 0) is 17.8 Å². The van der Waals surface area contributed by atoms with Crippen LogP contribution in [0.3, 0.4) is 0 Å². The van der Waals surface area contributed by atoms with Gasteiger partial charge in [-0.05, 0) is 37.3 Å². The Morgan fingerprint density at radius 1 is 1.30 bits per heavy atom. The summed E-state index contributed by atoms with van der Waals surface area (Å²) >= 11 is 0. The van der Waals surface area contributed by atoms with Crippen LogP contribution in [0.4, 0.5) is 0 Å². The highest BCUT2D eigenvalue weighted by molar-refractivity contribution is 5.82. The van der Waals surface area contributed by atoms with E-state index in [1.165, 1.54) is 18.4 Å². The fourth-order valence-electron chi connectivity index (χ4n) is 4.58. The zero-order valence-corrected chi connectivity index (χ0v) is 16.4. The molecule has 6 heteroatoms. The van der Waals surface area contributed by atoms with E-state index < -0.39 is 0 Å². The minimum Gasteiger partial charge on any atom is -0.355 e. The van der Waals surface area contributed by atoms with Crippen LogP contribution in [-0.4, -0.2) is 34.1 Å². The maximum atomic E-state index is 12.5. The average molecular weight is 370 g/mol. The van der Waals surface area contributed by atoms with E-state index in [1.54, 1.807) is 0 Å². The number of fused-ring (bicyclic) bond motifs is 2. The van der Waals surface area contributed by atoms with Gasteiger partial charge in [0.25, 0.3) is 0 Å². The number of aromatic nitrogens is 2. The van der Waals surface area contributed by atoms with Crippen LogP contribution in [0.1, 0.15) is 45.4 Å². The van der Waals surface area contributed by atoms with E-state index in [1.807, 2.05) is 6.07 Å². The van der Waals surface area contributed by atoms with Gasteiger partial charge >= 0.3 is 0 Å². The van der Waals surface area contributed by atoms with Crippen molar-refractivity contribution in [2.24, 2.45) is 11.8 Å². The lowest BCUT2D eigenvalue weighted by molar-refractivity contribution is -0.123. The molecule has 1 aliphatic heterocycles. The summed E-state index contributed by atoms with van der Waals surface area (Å²) in [5.74, 6) is 2.27. The van der Waals surface area contributed by atoms with Crippen LogP contribution in [0.15, 0.2) is 24.3 Å². The van der Waals surface area contributed by atoms with E-state index in [0.29, 0.717) is 24.4 Å². The smallest absolute Gasteiger partial charge is 0.238 e. The van der Waals surface area contributed by atoms with Gasteiger partial charge in [0.05, 0.1) is 11.0 Å². The van der Waals surface area contributed by atoms with E-state index in [-0.39, 0.29) is 11.9 Å². The maximum absolute atomic E-state index is 12.5. The largest absolute Gasteiger partial charge is 0.355 e. The summed E-state index contributed by atoms with van der Waals surface area (Å²) in [6, 6.07) is 8.72. The molecule has 3 unspecified atom stereocenters. The molecule has 146 valence electrons. The molecule has 4 rings (SSSR count). The van der Waals surface area contributed by atoms with E-state index >= 15 is 0 Å².